The summed E-state index contributed by atoms with van der Waals surface area (Å²) in [6.45, 7) is 4.94. The van der Waals surface area contributed by atoms with Crippen molar-refractivity contribution in [1.29, 1.82) is 0 Å². The van der Waals surface area contributed by atoms with Gasteiger partial charge in [0.1, 0.15) is 5.75 Å². The van der Waals surface area contributed by atoms with Crippen molar-refractivity contribution in [2.75, 3.05) is 13.7 Å². The first kappa shape index (κ1) is 18.9. The molecule has 0 spiro atoms. The number of rotatable bonds is 10. The maximum atomic E-state index is 5.88. The molecule has 0 N–H and O–H groups in total. The lowest BCUT2D eigenvalue weighted by Gasteiger charge is -2.15. The van der Waals surface area contributed by atoms with Crippen LogP contribution in [0.5, 0.6) is 17.2 Å². The number of fused-ring (bicyclic) bond motifs is 1. The number of ether oxygens (including phenoxy) is 3. The Morgan fingerprint density at radius 1 is 1.04 bits per heavy atom. The molecule has 24 heavy (non-hydrogen) atoms. The minimum Gasteiger partial charge on any atom is -0.494 e. The summed E-state index contributed by atoms with van der Waals surface area (Å²) >= 11 is 3.40. The minimum absolute atomic E-state index is 0.0702. The van der Waals surface area contributed by atoms with E-state index in [9.17, 15) is 0 Å². The Hall–Kier alpha value is -1.42. The average molecular weight is 395 g/mol. The molecule has 0 aliphatic rings. The van der Waals surface area contributed by atoms with Crippen molar-refractivity contribution in [3.05, 3.63) is 30.3 Å². The first-order valence-electron chi connectivity index (χ1n) is 8.70. The molecular weight excluding hydrogens is 368 g/mol. The van der Waals surface area contributed by atoms with Crippen LogP contribution in [0.15, 0.2) is 30.3 Å². The SMILES string of the molecule is CCCCCCCOc1ccc2c(OC)c(OC(C)Br)ccc2c1. The molecular formula is C20H27BrO3. The Labute approximate surface area is 153 Å². The monoisotopic (exact) mass is 394 g/mol. The van der Waals surface area contributed by atoms with Crippen LogP contribution < -0.4 is 14.2 Å². The molecule has 0 fully saturated rings. The van der Waals surface area contributed by atoms with E-state index in [0.717, 1.165) is 41.0 Å². The summed E-state index contributed by atoms with van der Waals surface area (Å²) in [6, 6.07) is 10.1. The van der Waals surface area contributed by atoms with Crippen LogP contribution in [-0.2, 0) is 0 Å². The topological polar surface area (TPSA) is 27.7 Å². The predicted octanol–water partition coefficient (Wildman–Crippen LogP) is 6.32. The van der Waals surface area contributed by atoms with Crippen molar-refractivity contribution in [1.82, 2.24) is 0 Å². The number of alkyl halides is 1. The standard InChI is InChI=1S/C20H27BrO3/c1-4-5-6-7-8-13-23-17-10-11-18-16(14-17)9-12-19(20(18)22-3)24-15(2)21/h9-12,14-15H,4-8,13H2,1-3H3. The number of methoxy groups -OCH3 is 1. The summed E-state index contributed by atoms with van der Waals surface area (Å²) in [5, 5.41) is 2.04. The number of hydrogen-bond donors (Lipinski definition) is 0. The fourth-order valence-corrected chi connectivity index (χ4v) is 2.92. The van der Waals surface area contributed by atoms with Gasteiger partial charge in [-0.25, -0.2) is 0 Å². The van der Waals surface area contributed by atoms with Gasteiger partial charge in [0.2, 0.25) is 0 Å². The molecule has 0 radical (unpaired) electrons. The lowest BCUT2D eigenvalue weighted by Crippen LogP contribution is -2.03. The van der Waals surface area contributed by atoms with Gasteiger partial charge in [-0.05, 0) is 58.9 Å². The van der Waals surface area contributed by atoms with Crippen LogP contribution in [0.25, 0.3) is 10.8 Å². The van der Waals surface area contributed by atoms with E-state index < -0.39 is 0 Å². The second-order valence-electron chi connectivity index (χ2n) is 5.90. The Morgan fingerprint density at radius 2 is 1.83 bits per heavy atom. The van der Waals surface area contributed by atoms with Gasteiger partial charge in [0.15, 0.2) is 16.5 Å². The fraction of sp³-hybridized carbons (Fsp3) is 0.500. The minimum atomic E-state index is -0.0702. The Bertz CT molecular complexity index is 640. The van der Waals surface area contributed by atoms with Crippen LogP contribution >= 0.6 is 15.9 Å². The van der Waals surface area contributed by atoms with E-state index in [1.807, 2.05) is 31.2 Å². The van der Waals surface area contributed by atoms with Gasteiger partial charge >= 0.3 is 0 Å². The second kappa shape index (κ2) is 9.77. The van der Waals surface area contributed by atoms with Crippen molar-refractivity contribution in [3.63, 3.8) is 0 Å². The molecule has 132 valence electrons. The largest absolute Gasteiger partial charge is 0.494 e. The van der Waals surface area contributed by atoms with Crippen LogP contribution in [0, 0.1) is 0 Å². The van der Waals surface area contributed by atoms with E-state index in [1.165, 1.54) is 25.7 Å². The predicted molar refractivity (Wildman–Crippen MR) is 104 cm³/mol. The fourth-order valence-electron chi connectivity index (χ4n) is 2.72. The van der Waals surface area contributed by atoms with E-state index in [2.05, 4.69) is 28.9 Å². The van der Waals surface area contributed by atoms with Crippen LogP contribution in [0.3, 0.4) is 0 Å². The molecule has 0 heterocycles. The van der Waals surface area contributed by atoms with Crippen molar-refractivity contribution in [2.45, 2.75) is 51.0 Å². The molecule has 0 bridgehead atoms. The molecule has 3 nitrogen and oxygen atoms in total. The van der Waals surface area contributed by atoms with E-state index in [-0.39, 0.29) is 5.01 Å². The summed E-state index contributed by atoms with van der Waals surface area (Å²) < 4.78 is 17.2. The quantitative estimate of drug-likeness (QED) is 0.348. The van der Waals surface area contributed by atoms with Gasteiger partial charge < -0.3 is 14.2 Å². The molecule has 0 aromatic heterocycles. The zero-order chi connectivity index (χ0) is 17.4. The third-order valence-corrected chi connectivity index (χ3v) is 4.10. The van der Waals surface area contributed by atoms with E-state index in [4.69, 9.17) is 14.2 Å². The number of unbranched alkanes of at least 4 members (excludes halogenated alkanes) is 4. The zero-order valence-corrected chi connectivity index (χ0v) is 16.4. The second-order valence-corrected chi connectivity index (χ2v) is 7.19. The van der Waals surface area contributed by atoms with Gasteiger partial charge in [0.25, 0.3) is 0 Å². The molecule has 2 aromatic rings. The molecule has 2 aromatic carbocycles. The van der Waals surface area contributed by atoms with Gasteiger partial charge in [0.05, 0.1) is 13.7 Å². The first-order chi connectivity index (χ1) is 11.7. The van der Waals surface area contributed by atoms with E-state index in [0.29, 0.717) is 0 Å². The van der Waals surface area contributed by atoms with Crippen molar-refractivity contribution >= 4 is 26.7 Å². The van der Waals surface area contributed by atoms with Crippen molar-refractivity contribution in [2.24, 2.45) is 0 Å². The first-order valence-corrected chi connectivity index (χ1v) is 9.61. The molecule has 0 amide bonds. The van der Waals surface area contributed by atoms with E-state index in [1.54, 1.807) is 7.11 Å². The number of halogens is 1. The number of hydrogen-bond acceptors (Lipinski definition) is 3. The van der Waals surface area contributed by atoms with Crippen LogP contribution in [0.2, 0.25) is 0 Å². The average Bonchev–Trinajstić information content (AvgIpc) is 2.57. The maximum Gasteiger partial charge on any atom is 0.168 e. The van der Waals surface area contributed by atoms with Gasteiger partial charge in [-0.2, -0.15) is 0 Å². The molecule has 0 aliphatic heterocycles. The summed E-state index contributed by atoms with van der Waals surface area (Å²) in [4.78, 5) is 0. The summed E-state index contributed by atoms with van der Waals surface area (Å²) in [5.74, 6) is 2.39. The molecule has 0 saturated carbocycles. The van der Waals surface area contributed by atoms with Gasteiger partial charge in [-0.1, -0.05) is 38.7 Å². The molecule has 1 atom stereocenters. The Balaban J connectivity index is 2.05. The summed E-state index contributed by atoms with van der Waals surface area (Å²) in [6.07, 6.45) is 6.22. The Kier molecular flexibility index (Phi) is 7.70. The molecule has 2 rings (SSSR count). The van der Waals surface area contributed by atoms with Crippen LogP contribution in [0.1, 0.15) is 46.0 Å². The van der Waals surface area contributed by atoms with Gasteiger partial charge in [0, 0.05) is 5.39 Å². The highest BCUT2D eigenvalue weighted by molar-refractivity contribution is 9.09. The lowest BCUT2D eigenvalue weighted by atomic mass is 10.1. The summed E-state index contributed by atoms with van der Waals surface area (Å²) in [5.41, 5.74) is 0. The van der Waals surface area contributed by atoms with Crippen molar-refractivity contribution < 1.29 is 14.2 Å². The smallest absolute Gasteiger partial charge is 0.168 e. The van der Waals surface area contributed by atoms with Crippen molar-refractivity contribution in [3.8, 4) is 17.2 Å². The van der Waals surface area contributed by atoms with Crippen LogP contribution in [-0.4, -0.2) is 18.7 Å². The maximum absolute atomic E-state index is 5.88. The summed E-state index contributed by atoms with van der Waals surface area (Å²) in [7, 11) is 1.67. The normalized spacial score (nSPS) is 12.2. The molecule has 4 heteroatoms. The highest BCUT2D eigenvalue weighted by Crippen LogP contribution is 2.37. The molecule has 0 saturated heterocycles. The lowest BCUT2D eigenvalue weighted by molar-refractivity contribution is 0.292. The third kappa shape index (κ3) is 5.30. The van der Waals surface area contributed by atoms with Crippen LogP contribution in [0.4, 0.5) is 0 Å². The highest BCUT2D eigenvalue weighted by atomic mass is 79.9. The Morgan fingerprint density at radius 3 is 2.54 bits per heavy atom. The highest BCUT2D eigenvalue weighted by Gasteiger charge is 2.12. The number of benzene rings is 2. The van der Waals surface area contributed by atoms with Gasteiger partial charge in [-0.3, -0.25) is 0 Å². The molecule has 1 unspecified atom stereocenters. The zero-order valence-electron chi connectivity index (χ0n) is 14.8. The van der Waals surface area contributed by atoms with Gasteiger partial charge in [-0.15, -0.1) is 0 Å². The molecule has 0 aliphatic carbocycles. The third-order valence-electron chi connectivity index (χ3n) is 3.92. The van der Waals surface area contributed by atoms with E-state index >= 15 is 0 Å².